The van der Waals surface area contributed by atoms with E-state index in [2.05, 4.69) is 96.0 Å². The van der Waals surface area contributed by atoms with Gasteiger partial charge < -0.3 is 15.2 Å². The van der Waals surface area contributed by atoms with E-state index in [1.54, 1.807) is 0 Å². The molecular weight excluding hydrogens is 482 g/mol. The standard InChI is InChI=1S/C32H39N7/c1-6-7-11-31(39-12-9-8-10-13-39)26-16-29(36-23(26)5)32-27-17-28(34-20-30(27)37-38-32)24-15-25(19-33-18-24)35-22(4)14-21(2)3/h6-7,11,15-21,35-36H,4,8-10,12-14H2,1-3,5H3,(H,37,38)/b7-6-,31-11+. The highest BCUT2D eigenvalue weighted by Crippen LogP contribution is 2.34. The largest absolute Gasteiger partial charge is 0.371 e. The van der Waals surface area contributed by atoms with E-state index < -0.39 is 0 Å². The first kappa shape index (κ1) is 26.5. The maximum absolute atomic E-state index is 4.70. The molecule has 5 rings (SSSR count). The number of H-pyrrole nitrogens is 2. The van der Waals surface area contributed by atoms with Crippen LogP contribution in [0, 0.1) is 12.8 Å². The van der Waals surface area contributed by atoms with Gasteiger partial charge in [0.25, 0.3) is 0 Å². The van der Waals surface area contributed by atoms with Crippen LogP contribution in [0.4, 0.5) is 5.69 Å². The molecule has 0 saturated carbocycles. The van der Waals surface area contributed by atoms with E-state index in [0.29, 0.717) is 5.92 Å². The second kappa shape index (κ2) is 11.7. The predicted molar refractivity (Wildman–Crippen MR) is 162 cm³/mol. The van der Waals surface area contributed by atoms with Gasteiger partial charge in [-0.1, -0.05) is 32.6 Å². The molecule has 0 bridgehead atoms. The van der Waals surface area contributed by atoms with Gasteiger partial charge in [-0.3, -0.25) is 15.1 Å². The van der Waals surface area contributed by atoms with Gasteiger partial charge in [-0.2, -0.15) is 5.10 Å². The van der Waals surface area contributed by atoms with Crippen molar-refractivity contribution in [2.45, 2.75) is 53.4 Å². The molecule has 5 heterocycles. The average molecular weight is 522 g/mol. The summed E-state index contributed by atoms with van der Waals surface area (Å²) >= 11 is 0. The summed E-state index contributed by atoms with van der Waals surface area (Å²) in [5.74, 6) is 0.538. The quantitative estimate of drug-likeness (QED) is 0.197. The number of fused-ring (bicyclic) bond motifs is 1. The number of anilines is 1. The zero-order valence-electron chi connectivity index (χ0n) is 23.5. The zero-order chi connectivity index (χ0) is 27.4. The van der Waals surface area contributed by atoms with E-state index in [1.807, 2.05) is 18.6 Å². The highest BCUT2D eigenvalue weighted by molar-refractivity contribution is 5.94. The Balaban J connectivity index is 1.48. The second-order valence-electron chi connectivity index (χ2n) is 10.8. The summed E-state index contributed by atoms with van der Waals surface area (Å²) in [6.07, 6.45) is 16.7. The number of hydrogen-bond donors (Lipinski definition) is 3. The monoisotopic (exact) mass is 521 g/mol. The molecule has 4 aromatic rings. The summed E-state index contributed by atoms with van der Waals surface area (Å²) in [7, 11) is 0. The minimum atomic E-state index is 0.538. The van der Waals surface area contributed by atoms with Crippen LogP contribution in [0.15, 0.2) is 67.3 Å². The lowest BCUT2D eigenvalue weighted by Gasteiger charge is -2.31. The topological polar surface area (TPSA) is 85.5 Å². The van der Waals surface area contributed by atoms with E-state index in [4.69, 9.17) is 10.1 Å². The van der Waals surface area contributed by atoms with Crippen molar-refractivity contribution in [2.24, 2.45) is 5.92 Å². The lowest BCUT2D eigenvalue weighted by Crippen LogP contribution is -2.28. The van der Waals surface area contributed by atoms with E-state index in [0.717, 1.165) is 70.1 Å². The fraction of sp³-hybridized carbons (Fsp3) is 0.344. The molecule has 7 nitrogen and oxygen atoms in total. The van der Waals surface area contributed by atoms with Gasteiger partial charge in [0.15, 0.2) is 0 Å². The fourth-order valence-corrected chi connectivity index (χ4v) is 5.32. The SMILES string of the molecule is C=C(CC(C)C)Nc1cncc(-c2cc3c(-c4cc(/C(=C\C=C/C)N5CCCCC5)c(C)[nH]4)n[nH]c3cn2)c1. The predicted octanol–water partition coefficient (Wildman–Crippen LogP) is 7.70. The van der Waals surface area contributed by atoms with Crippen molar-refractivity contribution >= 4 is 22.3 Å². The van der Waals surface area contributed by atoms with Crippen LogP contribution in [0.1, 0.15) is 57.7 Å². The third-order valence-corrected chi connectivity index (χ3v) is 7.15. The lowest BCUT2D eigenvalue weighted by molar-refractivity contribution is 0.326. The molecule has 1 aliphatic heterocycles. The number of aromatic amines is 2. The van der Waals surface area contributed by atoms with Crippen LogP contribution in [-0.2, 0) is 0 Å². The number of nitrogens with zero attached hydrogens (tertiary/aromatic N) is 4. The van der Waals surface area contributed by atoms with Crippen molar-refractivity contribution in [1.82, 2.24) is 30.0 Å². The fourth-order valence-electron chi connectivity index (χ4n) is 5.32. The lowest BCUT2D eigenvalue weighted by atomic mass is 10.1. The smallest absolute Gasteiger partial charge is 0.116 e. The maximum atomic E-state index is 4.70. The van der Waals surface area contributed by atoms with Crippen molar-refractivity contribution in [3.8, 4) is 22.6 Å². The molecule has 0 radical (unpaired) electrons. The molecule has 0 aliphatic carbocycles. The number of rotatable bonds is 9. The Kier molecular flexibility index (Phi) is 7.96. The highest BCUT2D eigenvalue weighted by atomic mass is 15.1. The van der Waals surface area contributed by atoms with Crippen molar-refractivity contribution < 1.29 is 0 Å². The first-order chi connectivity index (χ1) is 18.9. The Morgan fingerprint density at radius 2 is 1.95 bits per heavy atom. The van der Waals surface area contributed by atoms with E-state index in [9.17, 15) is 0 Å². The summed E-state index contributed by atoms with van der Waals surface area (Å²) in [6, 6.07) is 6.40. The van der Waals surface area contributed by atoms with Gasteiger partial charge in [-0.05, 0) is 69.7 Å². The van der Waals surface area contributed by atoms with Crippen LogP contribution in [0.2, 0.25) is 0 Å². The summed E-state index contributed by atoms with van der Waals surface area (Å²) in [5.41, 5.74) is 10.1. The van der Waals surface area contributed by atoms with Gasteiger partial charge in [-0.25, -0.2) is 0 Å². The first-order valence-electron chi connectivity index (χ1n) is 14.0. The maximum Gasteiger partial charge on any atom is 0.116 e. The highest BCUT2D eigenvalue weighted by Gasteiger charge is 2.20. The number of aromatic nitrogens is 5. The Bertz CT molecular complexity index is 1510. The normalized spacial score (nSPS) is 14.6. The minimum Gasteiger partial charge on any atom is -0.371 e. The van der Waals surface area contributed by atoms with Gasteiger partial charge >= 0.3 is 0 Å². The molecule has 0 atom stereocenters. The molecule has 0 aromatic carbocycles. The molecule has 1 aliphatic rings. The number of pyridine rings is 2. The molecule has 0 spiro atoms. The summed E-state index contributed by atoms with van der Waals surface area (Å²) in [6.45, 7) is 14.9. The van der Waals surface area contributed by atoms with Gasteiger partial charge in [-0.15, -0.1) is 0 Å². The molecule has 0 unspecified atom stereocenters. The van der Waals surface area contributed by atoms with Crippen molar-refractivity contribution in [3.05, 3.63) is 78.6 Å². The molecule has 39 heavy (non-hydrogen) atoms. The summed E-state index contributed by atoms with van der Waals surface area (Å²) in [4.78, 5) is 15.3. The molecule has 0 amide bonds. The first-order valence-corrected chi connectivity index (χ1v) is 14.0. The van der Waals surface area contributed by atoms with Crippen LogP contribution >= 0.6 is 0 Å². The summed E-state index contributed by atoms with van der Waals surface area (Å²) in [5, 5.41) is 12.3. The van der Waals surface area contributed by atoms with Crippen molar-refractivity contribution in [3.63, 3.8) is 0 Å². The minimum absolute atomic E-state index is 0.538. The number of likely N-dealkylation sites (tertiary alicyclic amines) is 1. The number of allylic oxidation sites excluding steroid dienone is 4. The molecule has 1 saturated heterocycles. The van der Waals surface area contributed by atoms with Crippen LogP contribution < -0.4 is 5.32 Å². The van der Waals surface area contributed by atoms with Crippen LogP contribution in [0.25, 0.3) is 39.2 Å². The Hall–Kier alpha value is -4.13. The third-order valence-electron chi connectivity index (χ3n) is 7.15. The molecule has 4 aromatic heterocycles. The van der Waals surface area contributed by atoms with Crippen LogP contribution in [-0.4, -0.2) is 43.1 Å². The average Bonchev–Trinajstić information content (AvgIpc) is 3.52. The number of aryl methyl sites for hydroxylation is 1. The van der Waals surface area contributed by atoms with Crippen LogP contribution in [0.3, 0.4) is 0 Å². The van der Waals surface area contributed by atoms with Crippen LogP contribution in [0.5, 0.6) is 0 Å². The molecule has 7 heteroatoms. The molecule has 3 N–H and O–H groups in total. The Morgan fingerprint density at radius 1 is 1.13 bits per heavy atom. The molecule has 1 fully saturated rings. The van der Waals surface area contributed by atoms with E-state index in [-0.39, 0.29) is 0 Å². The van der Waals surface area contributed by atoms with Crippen molar-refractivity contribution in [2.75, 3.05) is 18.4 Å². The molecular formula is C32H39N7. The Morgan fingerprint density at radius 3 is 2.72 bits per heavy atom. The number of piperidine rings is 1. The zero-order valence-corrected chi connectivity index (χ0v) is 23.5. The van der Waals surface area contributed by atoms with E-state index in [1.165, 1.54) is 30.5 Å². The van der Waals surface area contributed by atoms with Gasteiger partial charge in [0.05, 0.1) is 35.0 Å². The second-order valence-corrected chi connectivity index (χ2v) is 10.8. The van der Waals surface area contributed by atoms with Gasteiger partial charge in [0.1, 0.15) is 5.69 Å². The molecule has 202 valence electrons. The van der Waals surface area contributed by atoms with Gasteiger partial charge in [0.2, 0.25) is 0 Å². The van der Waals surface area contributed by atoms with Crippen molar-refractivity contribution in [1.29, 1.82) is 0 Å². The van der Waals surface area contributed by atoms with Gasteiger partial charge in [0, 0.05) is 52.9 Å². The Labute approximate surface area is 231 Å². The third kappa shape index (κ3) is 5.98. The number of hydrogen-bond acceptors (Lipinski definition) is 5. The number of nitrogens with one attached hydrogen (secondary N) is 3. The van der Waals surface area contributed by atoms with E-state index >= 15 is 0 Å². The summed E-state index contributed by atoms with van der Waals surface area (Å²) < 4.78 is 0.